The first-order valence-electron chi connectivity index (χ1n) is 11.3. The Kier molecular flexibility index (Phi) is 13.3. The van der Waals surface area contributed by atoms with E-state index in [0.717, 1.165) is 0 Å². The van der Waals surface area contributed by atoms with Gasteiger partial charge in [-0.3, -0.25) is 19.2 Å². The third kappa shape index (κ3) is 12.8. The van der Waals surface area contributed by atoms with Crippen molar-refractivity contribution in [1.29, 1.82) is 0 Å². The van der Waals surface area contributed by atoms with Gasteiger partial charge in [0, 0.05) is 0 Å². The van der Waals surface area contributed by atoms with Crippen LogP contribution in [0.4, 0.5) is 0 Å². The van der Waals surface area contributed by atoms with E-state index < -0.39 is 60.2 Å². The molecule has 4 unspecified atom stereocenters. The van der Waals surface area contributed by atoms with Gasteiger partial charge in [-0.15, -0.1) is 0 Å². The summed E-state index contributed by atoms with van der Waals surface area (Å²) in [5.74, 6) is -3.93. The Labute approximate surface area is 195 Å². The van der Waals surface area contributed by atoms with E-state index in [-0.39, 0.29) is 30.6 Å². The van der Waals surface area contributed by atoms with Gasteiger partial charge < -0.3 is 32.5 Å². The van der Waals surface area contributed by atoms with Gasteiger partial charge in [0.25, 0.3) is 0 Å². The number of primary amides is 1. The van der Waals surface area contributed by atoms with Crippen LogP contribution >= 0.6 is 0 Å². The number of carboxylic acids is 1. The van der Waals surface area contributed by atoms with Crippen molar-refractivity contribution < 1.29 is 29.1 Å². The van der Waals surface area contributed by atoms with Crippen LogP contribution in [0.2, 0.25) is 0 Å². The second-order valence-electron chi connectivity index (χ2n) is 9.69. The number of nitrogens with two attached hydrogens (primary N) is 2. The first-order chi connectivity index (χ1) is 15.1. The molecule has 0 aromatic rings. The summed E-state index contributed by atoms with van der Waals surface area (Å²) in [6.07, 6.45) is 0.335. The molecule has 0 radical (unpaired) electrons. The maximum Gasteiger partial charge on any atom is 0.326 e. The number of rotatable bonds is 15. The molecule has 33 heavy (non-hydrogen) atoms. The molecule has 4 atom stereocenters. The largest absolute Gasteiger partial charge is 0.480 e. The Morgan fingerprint density at radius 1 is 0.667 bits per heavy atom. The molecule has 0 rings (SSSR count). The minimum atomic E-state index is -1.39. The third-order valence-electron chi connectivity index (χ3n) is 4.76. The summed E-state index contributed by atoms with van der Waals surface area (Å²) < 4.78 is 0. The minimum absolute atomic E-state index is 0.0173. The predicted molar refractivity (Wildman–Crippen MR) is 124 cm³/mol. The number of aliphatic carboxylic acids is 1. The van der Waals surface area contributed by atoms with E-state index in [1.54, 1.807) is 13.8 Å². The standard InChI is InChI=1S/C22H41N5O6/c1-11(2)7-14(23)19(29)25-15(8-12(3)4)20(30)26-16(10-18(24)28)21(31)27-17(22(32)33)9-13(5)6/h11-17H,7-10,23H2,1-6H3,(H2,24,28)(H,25,29)(H,26,30)(H,27,31)(H,32,33). The maximum absolute atomic E-state index is 12.9. The summed E-state index contributed by atoms with van der Waals surface area (Å²) in [5.41, 5.74) is 11.1. The van der Waals surface area contributed by atoms with Crippen LogP contribution in [-0.2, 0) is 24.0 Å². The molecule has 4 amide bonds. The quantitative estimate of drug-likeness (QED) is 0.191. The van der Waals surface area contributed by atoms with Crippen molar-refractivity contribution in [1.82, 2.24) is 16.0 Å². The highest BCUT2D eigenvalue weighted by Crippen LogP contribution is 2.09. The maximum atomic E-state index is 12.9. The normalized spacial score (nSPS) is 15.0. The average Bonchev–Trinajstić information content (AvgIpc) is 2.64. The van der Waals surface area contributed by atoms with E-state index in [0.29, 0.717) is 6.42 Å². The van der Waals surface area contributed by atoms with Gasteiger partial charge in [0.15, 0.2) is 0 Å². The van der Waals surface area contributed by atoms with Gasteiger partial charge in [0.1, 0.15) is 18.1 Å². The van der Waals surface area contributed by atoms with Crippen molar-refractivity contribution in [3.05, 3.63) is 0 Å². The summed E-state index contributed by atoms with van der Waals surface area (Å²) in [4.78, 5) is 61.1. The number of amides is 4. The highest BCUT2D eigenvalue weighted by atomic mass is 16.4. The lowest BCUT2D eigenvalue weighted by atomic mass is 10.00. The number of nitrogens with one attached hydrogen (secondary N) is 3. The molecule has 0 fully saturated rings. The molecule has 8 N–H and O–H groups in total. The van der Waals surface area contributed by atoms with E-state index in [9.17, 15) is 29.1 Å². The number of carbonyl (C=O) groups excluding carboxylic acids is 4. The summed E-state index contributed by atoms with van der Waals surface area (Å²) in [5, 5.41) is 16.8. The van der Waals surface area contributed by atoms with Crippen LogP contribution in [0.3, 0.4) is 0 Å². The first-order valence-corrected chi connectivity index (χ1v) is 11.3. The van der Waals surface area contributed by atoms with Crippen LogP contribution in [0.25, 0.3) is 0 Å². The number of carboxylic acid groups (broad SMARTS) is 1. The Morgan fingerprint density at radius 2 is 1.06 bits per heavy atom. The van der Waals surface area contributed by atoms with Crippen LogP contribution in [0, 0.1) is 17.8 Å². The number of carbonyl (C=O) groups is 5. The van der Waals surface area contributed by atoms with E-state index in [4.69, 9.17) is 11.5 Å². The van der Waals surface area contributed by atoms with E-state index in [1.807, 2.05) is 27.7 Å². The van der Waals surface area contributed by atoms with Crippen LogP contribution in [-0.4, -0.2) is 58.9 Å². The lowest BCUT2D eigenvalue weighted by molar-refractivity contribution is -0.143. The Hall–Kier alpha value is -2.69. The highest BCUT2D eigenvalue weighted by Gasteiger charge is 2.31. The molecule has 0 aromatic carbocycles. The molecule has 0 aliphatic carbocycles. The second-order valence-corrected chi connectivity index (χ2v) is 9.69. The van der Waals surface area contributed by atoms with Gasteiger partial charge in [-0.25, -0.2) is 4.79 Å². The highest BCUT2D eigenvalue weighted by molar-refractivity contribution is 5.96. The molecule has 0 spiro atoms. The third-order valence-corrected chi connectivity index (χ3v) is 4.76. The summed E-state index contributed by atoms with van der Waals surface area (Å²) in [6.45, 7) is 11.2. The smallest absolute Gasteiger partial charge is 0.326 e. The zero-order valence-corrected chi connectivity index (χ0v) is 20.5. The van der Waals surface area contributed by atoms with Crippen LogP contribution < -0.4 is 27.4 Å². The van der Waals surface area contributed by atoms with Gasteiger partial charge in [0.2, 0.25) is 23.6 Å². The van der Waals surface area contributed by atoms with Gasteiger partial charge in [0.05, 0.1) is 12.5 Å². The molecular formula is C22H41N5O6. The van der Waals surface area contributed by atoms with E-state index in [1.165, 1.54) is 0 Å². The van der Waals surface area contributed by atoms with Gasteiger partial charge in [-0.1, -0.05) is 41.5 Å². The molecule has 0 saturated carbocycles. The monoisotopic (exact) mass is 471 g/mol. The zero-order chi connectivity index (χ0) is 25.9. The molecule has 11 nitrogen and oxygen atoms in total. The summed E-state index contributed by atoms with van der Waals surface area (Å²) in [7, 11) is 0. The fourth-order valence-electron chi connectivity index (χ4n) is 3.24. The minimum Gasteiger partial charge on any atom is -0.480 e. The van der Waals surface area contributed by atoms with E-state index >= 15 is 0 Å². The van der Waals surface area contributed by atoms with Gasteiger partial charge in [-0.05, 0) is 37.0 Å². The van der Waals surface area contributed by atoms with Crippen LogP contribution in [0.1, 0.15) is 67.2 Å². The van der Waals surface area contributed by atoms with Crippen molar-refractivity contribution in [3.63, 3.8) is 0 Å². The first kappa shape index (κ1) is 30.3. The zero-order valence-electron chi connectivity index (χ0n) is 20.5. The molecule has 0 aliphatic heterocycles. The summed E-state index contributed by atoms with van der Waals surface area (Å²) in [6, 6.07) is -4.38. The molecule has 11 heteroatoms. The van der Waals surface area contributed by atoms with Crippen molar-refractivity contribution in [3.8, 4) is 0 Å². The topological polar surface area (TPSA) is 194 Å². The number of hydrogen-bond acceptors (Lipinski definition) is 6. The lowest BCUT2D eigenvalue weighted by Gasteiger charge is -2.26. The molecule has 0 bridgehead atoms. The van der Waals surface area contributed by atoms with Gasteiger partial charge in [-0.2, -0.15) is 0 Å². The Morgan fingerprint density at radius 3 is 1.48 bits per heavy atom. The second kappa shape index (κ2) is 14.5. The molecule has 0 aliphatic rings. The molecule has 0 aromatic heterocycles. The Bertz CT molecular complexity index is 695. The van der Waals surface area contributed by atoms with Crippen molar-refractivity contribution in [2.45, 2.75) is 91.4 Å². The molecular weight excluding hydrogens is 430 g/mol. The van der Waals surface area contributed by atoms with E-state index in [2.05, 4.69) is 16.0 Å². The lowest BCUT2D eigenvalue weighted by Crippen LogP contribution is -2.58. The average molecular weight is 472 g/mol. The molecule has 0 saturated heterocycles. The molecule has 0 heterocycles. The summed E-state index contributed by atoms with van der Waals surface area (Å²) >= 11 is 0. The van der Waals surface area contributed by atoms with Crippen molar-refractivity contribution >= 4 is 29.6 Å². The van der Waals surface area contributed by atoms with Crippen LogP contribution in [0.5, 0.6) is 0 Å². The van der Waals surface area contributed by atoms with Crippen molar-refractivity contribution in [2.24, 2.45) is 29.2 Å². The Balaban J connectivity index is 5.52. The fraction of sp³-hybridized carbons (Fsp3) is 0.773. The van der Waals surface area contributed by atoms with Crippen molar-refractivity contribution in [2.75, 3.05) is 0 Å². The number of hydrogen-bond donors (Lipinski definition) is 6. The molecule has 190 valence electrons. The van der Waals surface area contributed by atoms with Crippen LogP contribution in [0.15, 0.2) is 0 Å². The SMILES string of the molecule is CC(C)CC(N)C(=O)NC(CC(C)C)C(=O)NC(CC(N)=O)C(=O)NC(CC(C)C)C(=O)O. The fourth-order valence-corrected chi connectivity index (χ4v) is 3.24. The predicted octanol–water partition coefficient (Wildman–Crippen LogP) is -0.134. The van der Waals surface area contributed by atoms with Gasteiger partial charge >= 0.3 is 5.97 Å².